The largest absolute Gasteiger partial charge is 0.392 e. The summed E-state index contributed by atoms with van der Waals surface area (Å²) in [6.07, 6.45) is 2.47. The van der Waals surface area contributed by atoms with Gasteiger partial charge in [0.15, 0.2) is 11.6 Å². The number of aliphatic hydroxyl groups excluding tert-OH is 1. The van der Waals surface area contributed by atoms with E-state index in [0.717, 1.165) is 13.0 Å². The topological polar surface area (TPSA) is 36.4 Å². The molecule has 1 N–H and O–H groups in total. The van der Waals surface area contributed by atoms with Gasteiger partial charge >= 0.3 is 0 Å². The van der Waals surface area contributed by atoms with Crippen molar-refractivity contribution in [2.24, 2.45) is 0 Å². The summed E-state index contributed by atoms with van der Waals surface area (Å²) >= 11 is 0. The molecule has 84 valence electrons. The quantitative estimate of drug-likeness (QED) is 0.810. The van der Waals surface area contributed by atoms with Gasteiger partial charge in [-0.15, -0.1) is 0 Å². The second kappa shape index (κ2) is 5.66. The van der Waals surface area contributed by atoms with Crippen LogP contribution in [0, 0.1) is 5.82 Å². The minimum absolute atomic E-state index is 0.287. The molecule has 0 bridgehead atoms. The molecule has 0 aliphatic rings. The van der Waals surface area contributed by atoms with Crippen molar-refractivity contribution in [2.45, 2.75) is 26.9 Å². The van der Waals surface area contributed by atoms with E-state index in [9.17, 15) is 4.39 Å². The molecule has 1 heterocycles. The Morgan fingerprint density at radius 1 is 1.47 bits per heavy atom. The van der Waals surface area contributed by atoms with Crippen LogP contribution in [0.3, 0.4) is 0 Å². The van der Waals surface area contributed by atoms with Gasteiger partial charge in [-0.25, -0.2) is 9.37 Å². The molecule has 0 spiro atoms. The van der Waals surface area contributed by atoms with Crippen LogP contribution in [0.2, 0.25) is 0 Å². The molecule has 0 aliphatic heterocycles. The molecule has 0 unspecified atom stereocenters. The summed E-state index contributed by atoms with van der Waals surface area (Å²) < 4.78 is 13.8. The van der Waals surface area contributed by atoms with Crippen LogP contribution in [0.5, 0.6) is 0 Å². The lowest BCUT2D eigenvalue weighted by atomic mass is 10.2. The van der Waals surface area contributed by atoms with Crippen LogP contribution in [-0.4, -0.2) is 23.2 Å². The molecule has 15 heavy (non-hydrogen) atoms. The number of aromatic nitrogens is 1. The maximum Gasteiger partial charge on any atom is 0.171 e. The molecular formula is C11H17FN2O. The molecule has 4 heteroatoms. The van der Waals surface area contributed by atoms with Crippen molar-refractivity contribution in [3.05, 3.63) is 23.6 Å². The monoisotopic (exact) mass is 212 g/mol. The molecule has 1 rings (SSSR count). The van der Waals surface area contributed by atoms with Crippen molar-refractivity contribution < 1.29 is 9.50 Å². The smallest absolute Gasteiger partial charge is 0.171 e. The van der Waals surface area contributed by atoms with Crippen LogP contribution in [0.25, 0.3) is 0 Å². The average Bonchev–Trinajstić information content (AvgIpc) is 2.27. The van der Waals surface area contributed by atoms with Crippen molar-refractivity contribution in [3.8, 4) is 0 Å². The lowest BCUT2D eigenvalue weighted by Gasteiger charge is -2.22. The second-order valence-corrected chi connectivity index (χ2v) is 3.35. The summed E-state index contributed by atoms with van der Waals surface area (Å²) in [6, 6.07) is 1.50. The van der Waals surface area contributed by atoms with Gasteiger partial charge in [-0.05, 0) is 19.4 Å². The molecule has 0 saturated carbocycles. The number of aliphatic hydroxyl groups is 1. The van der Waals surface area contributed by atoms with E-state index in [0.29, 0.717) is 17.9 Å². The van der Waals surface area contributed by atoms with Gasteiger partial charge in [0.1, 0.15) is 0 Å². The zero-order valence-electron chi connectivity index (χ0n) is 9.20. The van der Waals surface area contributed by atoms with Crippen LogP contribution >= 0.6 is 0 Å². The van der Waals surface area contributed by atoms with Gasteiger partial charge in [-0.3, -0.25) is 0 Å². The Labute approximate surface area is 89.6 Å². The number of hydrogen-bond donors (Lipinski definition) is 1. The highest BCUT2D eigenvalue weighted by Gasteiger charge is 2.13. The first-order chi connectivity index (χ1) is 7.24. The van der Waals surface area contributed by atoms with Crippen LogP contribution in [-0.2, 0) is 6.61 Å². The number of halogens is 1. The van der Waals surface area contributed by atoms with Crippen molar-refractivity contribution in [1.29, 1.82) is 0 Å². The van der Waals surface area contributed by atoms with Crippen LogP contribution < -0.4 is 4.90 Å². The first kappa shape index (κ1) is 11.9. The maximum atomic E-state index is 13.8. The Kier molecular flexibility index (Phi) is 4.49. The number of hydrogen-bond acceptors (Lipinski definition) is 3. The van der Waals surface area contributed by atoms with Crippen LogP contribution in [0.4, 0.5) is 10.2 Å². The predicted molar refractivity (Wildman–Crippen MR) is 58.3 cm³/mol. The number of pyridine rings is 1. The third-order valence-electron chi connectivity index (χ3n) is 2.30. The van der Waals surface area contributed by atoms with Crippen LogP contribution in [0.1, 0.15) is 25.8 Å². The summed E-state index contributed by atoms with van der Waals surface area (Å²) in [5.41, 5.74) is 0.301. The summed E-state index contributed by atoms with van der Waals surface area (Å²) in [4.78, 5) is 5.89. The highest BCUT2D eigenvalue weighted by atomic mass is 19.1. The van der Waals surface area contributed by atoms with Gasteiger partial charge in [0, 0.05) is 24.8 Å². The first-order valence-electron chi connectivity index (χ1n) is 5.23. The normalized spacial score (nSPS) is 10.4. The summed E-state index contributed by atoms with van der Waals surface area (Å²) in [6.45, 7) is 5.20. The summed E-state index contributed by atoms with van der Waals surface area (Å²) in [7, 11) is 0. The molecular weight excluding hydrogens is 195 g/mol. The molecule has 0 saturated heterocycles. The molecule has 0 amide bonds. The van der Waals surface area contributed by atoms with Crippen molar-refractivity contribution in [2.75, 3.05) is 18.0 Å². The fourth-order valence-electron chi connectivity index (χ4n) is 1.50. The average molecular weight is 212 g/mol. The lowest BCUT2D eigenvalue weighted by Crippen LogP contribution is -2.26. The Morgan fingerprint density at radius 3 is 2.73 bits per heavy atom. The molecule has 0 fully saturated rings. The van der Waals surface area contributed by atoms with Crippen molar-refractivity contribution in [1.82, 2.24) is 4.98 Å². The van der Waals surface area contributed by atoms with Gasteiger partial charge in [-0.2, -0.15) is 0 Å². The van der Waals surface area contributed by atoms with E-state index >= 15 is 0 Å². The fraction of sp³-hybridized carbons (Fsp3) is 0.545. The van der Waals surface area contributed by atoms with Crippen molar-refractivity contribution >= 4 is 5.82 Å². The van der Waals surface area contributed by atoms with E-state index in [1.807, 2.05) is 18.7 Å². The van der Waals surface area contributed by atoms with E-state index in [1.54, 1.807) is 0 Å². The van der Waals surface area contributed by atoms with Crippen LogP contribution in [0.15, 0.2) is 12.3 Å². The Balaban J connectivity index is 3.01. The second-order valence-electron chi connectivity index (χ2n) is 3.35. The number of anilines is 1. The molecule has 0 atom stereocenters. The standard InChI is InChI=1S/C11H17FN2O/c1-3-7-14(4-2)11-10(12)9(8-15)5-6-13-11/h5-6,15H,3-4,7-8H2,1-2H3. The fourth-order valence-corrected chi connectivity index (χ4v) is 1.50. The molecule has 1 aromatic heterocycles. The van der Waals surface area contributed by atoms with E-state index in [1.165, 1.54) is 12.3 Å². The third kappa shape index (κ3) is 2.65. The molecule has 0 aliphatic carbocycles. The third-order valence-corrected chi connectivity index (χ3v) is 2.30. The van der Waals surface area contributed by atoms with E-state index < -0.39 is 5.82 Å². The summed E-state index contributed by atoms with van der Waals surface area (Å²) in [5.74, 6) is -0.0683. The first-order valence-corrected chi connectivity index (χ1v) is 5.23. The van der Waals surface area contributed by atoms with Gasteiger partial charge < -0.3 is 10.0 Å². The molecule has 0 radical (unpaired) electrons. The van der Waals surface area contributed by atoms with E-state index in [-0.39, 0.29) is 6.61 Å². The zero-order chi connectivity index (χ0) is 11.3. The summed E-state index contributed by atoms with van der Waals surface area (Å²) in [5, 5.41) is 8.94. The van der Waals surface area contributed by atoms with Gasteiger partial charge in [0.2, 0.25) is 0 Å². The van der Waals surface area contributed by atoms with Gasteiger partial charge in [-0.1, -0.05) is 6.92 Å². The maximum absolute atomic E-state index is 13.8. The molecule has 0 aromatic carbocycles. The number of rotatable bonds is 5. The highest BCUT2D eigenvalue weighted by Crippen LogP contribution is 2.19. The van der Waals surface area contributed by atoms with Crippen molar-refractivity contribution in [3.63, 3.8) is 0 Å². The Morgan fingerprint density at radius 2 is 2.20 bits per heavy atom. The SMILES string of the molecule is CCCN(CC)c1nccc(CO)c1F. The van der Waals surface area contributed by atoms with E-state index in [2.05, 4.69) is 4.98 Å². The minimum Gasteiger partial charge on any atom is -0.392 e. The lowest BCUT2D eigenvalue weighted by molar-refractivity contribution is 0.275. The zero-order valence-corrected chi connectivity index (χ0v) is 9.20. The van der Waals surface area contributed by atoms with Gasteiger partial charge in [0.25, 0.3) is 0 Å². The molecule has 3 nitrogen and oxygen atoms in total. The van der Waals surface area contributed by atoms with Gasteiger partial charge in [0.05, 0.1) is 6.61 Å². The predicted octanol–water partition coefficient (Wildman–Crippen LogP) is 1.95. The minimum atomic E-state index is -0.407. The Bertz CT molecular complexity index is 317. The number of nitrogens with zero attached hydrogens (tertiary/aromatic N) is 2. The van der Waals surface area contributed by atoms with E-state index in [4.69, 9.17) is 5.11 Å². The highest BCUT2D eigenvalue weighted by molar-refractivity contribution is 5.42. The Hall–Kier alpha value is -1.16. The molecule has 1 aromatic rings.